The molecule has 0 aromatic heterocycles. The van der Waals surface area contributed by atoms with Crippen LogP contribution < -0.4 is 14.8 Å². The van der Waals surface area contributed by atoms with E-state index in [0.717, 1.165) is 0 Å². The molecule has 0 saturated carbocycles. The van der Waals surface area contributed by atoms with E-state index in [1.165, 1.54) is 43.3 Å². The number of likely N-dealkylation sites (N-methyl/N-ethyl adjacent to an activating group) is 1. The summed E-state index contributed by atoms with van der Waals surface area (Å²) < 4.78 is 23.5. The van der Waals surface area contributed by atoms with Crippen molar-refractivity contribution in [1.82, 2.24) is 4.90 Å². The zero-order chi connectivity index (χ0) is 19.1. The molecule has 0 saturated heterocycles. The second-order valence-electron chi connectivity index (χ2n) is 5.51. The average Bonchev–Trinajstić information content (AvgIpc) is 2.63. The summed E-state index contributed by atoms with van der Waals surface area (Å²) in [6.07, 6.45) is 0. The summed E-state index contributed by atoms with van der Waals surface area (Å²) in [7, 11) is 3.02. The van der Waals surface area contributed by atoms with Crippen LogP contribution >= 0.6 is 0 Å². The van der Waals surface area contributed by atoms with Crippen molar-refractivity contribution in [1.29, 1.82) is 0 Å². The molecular weight excluding hydrogens is 339 g/mol. The van der Waals surface area contributed by atoms with Gasteiger partial charge < -0.3 is 19.7 Å². The largest absolute Gasteiger partial charge is 0.493 e. The van der Waals surface area contributed by atoms with E-state index in [1.807, 2.05) is 6.92 Å². The summed E-state index contributed by atoms with van der Waals surface area (Å²) >= 11 is 0. The van der Waals surface area contributed by atoms with Crippen molar-refractivity contribution in [3.8, 4) is 11.5 Å². The molecule has 2 amide bonds. The predicted molar refractivity (Wildman–Crippen MR) is 96.2 cm³/mol. The van der Waals surface area contributed by atoms with Crippen molar-refractivity contribution in [2.75, 3.05) is 32.6 Å². The Morgan fingerprint density at radius 1 is 1.12 bits per heavy atom. The number of benzene rings is 2. The first-order valence-electron chi connectivity index (χ1n) is 8.06. The number of halogens is 1. The molecule has 0 heterocycles. The summed E-state index contributed by atoms with van der Waals surface area (Å²) in [5.74, 6) is -0.115. The highest BCUT2D eigenvalue weighted by atomic mass is 19.1. The van der Waals surface area contributed by atoms with Gasteiger partial charge in [0.1, 0.15) is 5.82 Å². The molecule has 0 bridgehead atoms. The van der Waals surface area contributed by atoms with Crippen molar-refractivity contribution in [2.45, 2.75) is 6.92 Å². The third-order valence-electron chi connectivity index (χ3n) is 3.57. The number of amides is 2. The van der Waals surface area contributed by atoms with E-state index in [-0.39, 0.29) is 24.2 Å². The molecule has 6 nitrogen and oxygen atoms in total. The van der Waals surface area contributed by atoms with Gasteiger partial charge >= 0.3 is 0 Å². The van der Waals surface area contributed by atoms with E-state index in [2.05, 4.69) is 5.32 Å². The van der Waals surface area contributed by atoms with Crippen LogP contribution in [-0.2, 0) is 4.79 Å². The van der Waals surface area contributed by atoms with Crippen LogP contribution in [0.3, 0.4) is 0 Å². The number of methoxy groups -OCH3 is 1. The Morgan fingerprint density at radius 3 is 2.42 bits per heavy atom. The molecule has 1 N–H and O–H groups in total. The van der Waals surface area contributed by atoms with Crippen molar-refractivity contribution >= 4 is 17.5 Å². The van der Waals surface area contributed by atoms with Gasteiger partial charge in [-0.2, -0.15) is 0 Å². The Morgan fingerprint density at radius 2 is 1.81 bits per heavy atom. The van der Waals surface area contributed by atoms with E-state index in [0.29, 0.717) is 29.4 Å². The number of rotatable bonds is 7. The third kappa shape index (κ3) is 4.95. The highest BCUT2D eigenvalue weighted by Crippen LogP contribution is 2.28. The highest BCUT2D eigenvalue weighted by Gasteiger charge is 2.17. The molecule has 0 fully saturated rings. The molecule has 138 valence electrons. The van der Waals surface area contributed by atoms with Gasteiger partial charge in [-0.05, 0) is 49.4 Å². The lowest BCUT2D eigenvalue weighted by Crippen LogP contribution is -2.34. The molecule has 7 heteroatoms. The van der Waals surface area contributed by atoms with Gasteiger partial charge in [0, 0.05) is 18.3 Å². The van der Waals surface area contributed by atoms with Crippen LogP contribution in [0.15, 0.2) is 42.5 Å². The Kier molecular flexibility index (Phi) is 6.54. The fourth-order valence-corrected chi connectivity index (χ4v) is 2.32. The lowest BCUT2D eigenvalue weighted by Gasteiger charge is -2.18. The zero-order valence-corrected chi connectivity index (χ0v) is 14.9. The van der Waals surface area contributed by atoms with Crippen LogP contribution in [0.1, 0.15) is 17.3 Å². The summed E-state index contributed by atoms with van der Waals surface area (Å²) in [5, 5.41) is 2.61. The number of hydrogen-bond acceptors (Lipinski definition) is 4. The monoisotopic (exact) mass is 360 g/mol. The molecule has 0 radical (unpaired) electrons. The second kappa shape index (κ2) is 8.84. The minimum absolute atomic E-state index is 0.147. The fraction of sp³-hybridized carbons (Fsp3) is 0.263. The molecule has 26 heavy (non-hydrogen) atoms. The maximum atomic E-state index is 12.9. The molecule has 2 aromatic rings. The molecule has 0 unspecified atom stereocenters. The van der Waals surface area contributed by atoms with Crippen molar-refractivity contribution in [3.05, 3.63) is 53.8 Å². The number of nitrogens with zero attached hydrogens (tertiary/aromatic N) is 1. The average molecular weight is 360 g/mol. The topological polar surface area (TPSA) is 67.9 Å². The highest BCUT2D eigenvalue weighted by molar-refractivity contribution is 5.99. The van der Waals surface area contributed by atoms with Gasteiger partial charge in [-0.3, -0.25) is 9.59 Å². The van der Waals surface area contributed by atoms with Gasteiger partial charge in [0.05, 0.1) is 20.3 Å². The number of nitrogens with one attached hydrogen (secondary N) is 1. The van der Waals surface area contributed by atoms with E-state index < -0.39 is 0 Å². The van der Waals surface area contributed by atoms with Crippen LogP contribution in [0.4, 0.5) is 10.1 Å². The standard InChI is InChI=1S/C19H21FN2O4/c1-4-26-16-10-5-13(11-17(16)25-3)19(24)22(2)12-18(23)21-15-8-6-14(20)7-9-15/h5-11H,4,12H2,1-3H3,(H,21,23). The second-order valence-corrected chi connectivity index (χ2v) is 5.51. The molecule has 2 rings (SSSR count). The first kappa shape index (κ1) is 19.2. The van der Waals surface area contributed by atoms with Crippen LogP contribution in [0.25, 0.3) is 0 Å². The quantitative estimate of drug-likeness (QED) is 0.824. The minimum Gasteiger partial charge on any atom is -0.493 e. The number of hydrogen-bond donors (Lipinski definition) is 1. The van der Waals surface area contributed by atoms with E-state index >= 15 is 0 Å². The van der Waals surface area contributed by atoms with Gasteiger partial charge in [0.15, 0.2) is 11.5 Å². The molecule has 2 aromatic carbocycles. The lowest BCUT2D eigenvalue weighted by molar-refractivity contribution is -0.116. The van der Waals surface area contributed by atoms with Crippen LogP contribution in [0.2, 0.25) is 0 Å². The molecule has 0 spiro atoms. The Balaban J connectivity index is 2.02. The maximum Gasteiger partial charge on any atom is 0.254 e. The lowest BCUT2D eigenvalue weighted by atomic mass is 10.1. The number of anilines is 1. The molecule has 0 aliphatic rings. The first-order valence-corrected chi connectivity index (χ1v) is 8.06. The molecular formula is C19H21FN2O4. The number of carbonyl (C=O) groups excluding carboxylic acids is 2. The summed E-state index contributed by atoms with van der Waals surface area (Å²) in [6, 6.07) is 10.2. The van der Waals surface area contributed by atoms with Gasteiger partial charge in [0.2, 0.25) is 5.91 Å². The molecule has 0 atom stereocenters. The van der Waals surface area contributed by atoms with Gasteiger partial charge in [0.25, 0.3) is 5.91 Å². The molecule has 0 aliphatic heterocycles. The maximum absolute atomic E-state index is 12.9. The first-order chi connectivity index (χ1) is 12.4. The zero-order valence-electron chi connectivity index (χ0n) is 14.9. The normalized spacial score (nSPS) is 10.2. The number of ether oxygens (including phenoxy) is 2. The van der Waals surface area contributed by atoms with Gasteiger partial charge in [-0.25, -0.2) is 4.39 Å². The predicted octanol–water partition coefficient (Wildman–Crippen LogP) is 2.94. The summed E-state index contributed by atoms with van der Waals surface area (Å²) in [6.45, 7) is 2.19. The Labute approximate surface area is 151 Å². The van der Waals surface area contributed by atoms with E-state index in [1.54, 1.807) is 18.2 Å². The van der Waals surface area contributed by atoms with E-state index in [9.17, 15) is 14.0 Å². The smallest absolute Gasteiger partial charge is 0.254 e. The van der Waals surface area contributed by atoms with Crippen molar-refractivity contribution in [3.63, 3.8) is 0 Å². The SMILES string of the molecule is CCOc1ccc(C(=O)N(C)CC(=O)Nc2ccc(F)cc2)cc1OC. The summed E-state index contributed by atoms with van der Waals surface area (Å²) in [4.78, 5) is 25.9. The Bertz CT molecular complexity index is 778. The van der Waals surface area contributed by atoms with Crippen LogP contribution in [0, 0.1) is 5.82 Å². The van der Waals surface area contributed by atoms with Gasteiger partial charge in [-0.15, -0.1) is 0 Å². The minimum atomic E-state index is -0.389. The van der Waals surface area contributed by atoms with Crippen molar-refractivity contribution in [2.24, 2.45) is 0 Å². The summed E-state index contributed by atoms with van der Waals surface area (Å²) in [5.41, 5.74) is 0.836. The van der Waals surface area contributed by atoms with Gasteiger partial charge in [-0.1, -0.05) is 0 Å². The number of carbonyl (C=O) groups is 2. The van der Waals surface area contributed by atoms with Crippen molar-refractivity contribution < 1.29 is 23.5 Å². The Hall–Kier alpha value is -3.09. The van der Waals surface area contributed by atoms with Crippen LogP contribution in [0.5, 0.6) is 11.5 Å². The van der Waals surface area contributed by atoms with E-state index in [4.69, 9.17) is 9.47 Å². The fourth-order valence-electron chi connectivity index (χ4n) is 2.32. The van der Waals surface area contributed by atoms with Crippen LogP contribution in [-0.4, -0.2) is 44.0 Å². The molecule has 0 aliphatic carbocycles. The third-order valence-corrected chi connectivity index (χ3v) is 3.57.